The van der Waals surface area contributed by atoms with E-state index in [2.05, 4.69) is 12.1 Å². The molecule has 0 aromatic heterocycles. The van der Waals surface area contributed by atoms with Gasteiger partial charge in [-0.05, 0) is 47.0 Å². The molecule has 0 unspecified atom stereocenters. The third-order valence-corrected chi connectivity index (χ3v) is 6.46. The normalized spacial score (nSPS) is 15.9. The van der Waals surface area contributed by atoms with Gasteiger partial charge in [-0.25, -0.2) is 0 Å². The summed E-state index contributed by atoms with van der Waals surface area (Å²) in [6.07, 6.45) is 5.83. The van der Waals surface area contributed by atoms with E-state index in [0.717, 1.165) is 0 Å². The Morgan fingerprint density at radius 2 is 1.05 bits per heavy atom. The summed E-state index contributed by atoms with van der Waals surface area (Å²) in [5.74, 6) is 0. The first-order valence-corrected chi connectivity index (χ1v) is 12.0. The number of hydrogen-bond donors (Lipinski definition) is 0. The molecular weight excluding hydrogens is 520 g/mol. The van der Waals surface area contributed by atoms with Gasteiger partial charge in [-0.1, -0.05) is 42.5 Å². The van der Waals surface area contributed by atoms with Crippen molar-refractivity contribution < 1.29 is 0 Å². The van der Waals surface area contributed by atoms with E-state index in [-0.39, 0.29) is 55.7 Å². The van der Waals surface area contributed by atoms with Gasteiger partial charge in [0.15, 0.2) is 0 Å². The number of rotatable bonds is 2. The lowest BCUT2D eigenvalue weighted by molar-refractivity contribution is 1.41. The van der Waals surface area contributed by atoms with Crippen LogP contribution in [0.2, 0.25) is 0 Å². The smallest absolute Gasteiger partial charge is 0.138 e. The highest BCUT2D eigenvalue weighted by atomic mass is 14.4. The van der Waals surface area contributed by atoms with Crippen molar-refractivity contribution >= 4 is 11.1 Å². The average molecular weight is 533 g/mol. The fourth-order valence-electron chi connectivity index (χ4n) is 4.70. The van der Waals surface area contributed by atoms with Crippen LogP contribution in [0.3, 0.4) is 0 Å². The highest BCUT2D eigenvalue weighted by Crippen LogP contribution is 2.46. The summed E-state index contributed by atoms with van der Waals surface area (Å²) in [5, 5.41) is 78.9. The van der Waals surface area contributed by atoms with Crippen molar-refractivity contribution in [1.29, 1.82) is 42.1 Å². The van der Waals surface area contributed by atoms with Crippen molar-refractivity contribution in [3.05, 3.63) is 140 Å². The Hall–Kier alpha value is -7.46. The molecule has 0 saturated heterocycles. The molecule has 0 atom stereocenters. The predicted octanol–water partition coefficient (Wildman–Crippen LogP) is 5.81. The van der Waals surface area contributed by atoms with Gasteiger partial charge in [0.2, 0.25) is 0 Å². The van der Waals surface area contributed by atoms with Crippen LogP contribution in [-0.2, 0) is 0 Å². The largest absolute Gasteiger partial charge is 0.192 e. The van der Waals surface area contributed by atoms with Crippen LogP contribution < -0.4 is 0 Å². The van der Waals surface area contributed by atoms with Crippen molar-refractivity contribution in [1.82, 2.24) is 0 Å². The number of allylic oxidation sites excluding steroid dienone is 14. The molecule has 8 heteroatoms. The Bertz CT molecular complexity index is 2120. The Labute approximate surface area is 241 Å². The monoisotopic (exact) mass is 532 g/mol. The van der Waals surface area contributed by atoms with Crippen molar-refractivity contribution in [2.75, 3.05) is 0 Å². The fraction of sp³-hybridized carbons (Fsp3) is 0. The minimum Gasteiger partial charge on any atom is -0.192 e. The van der Waals surface area contributed by atoms with Crippen LogP contribution >= 0.6 is 0 Å². The standard InChI is InChI=1S/C34H12N8/c35-13-21-3-1-5-23(11-21)32-25(15-37)7-8-29-30(10-9-28(32)26(16-38)17-39)34(27(18-40)19-41)33(31(29)20-42)24-6-2-4-22(12-24)14-36/h1-12H/b8-7+,10-9?,32-25+. The summed E-state index contributed by atoms with van der Waals surface area (Å²) in [4.78, 5) is 0. The average Bonchev–Trinajstić information content (AvgIpc) is 3.37. The molecule has 0 radical (unpaired) electrons. The molecule has 188 valence electrons. The first-order chi connectivity index (χ1) is 20.5. The zero-order chi connectivity index (χ0) is 30.2. The van der Waals surface area contributed by atoms with E-state index in [0.29, 0.717) is 22.3 Å². The summed E-state index contributed by atoms with van der Waals surface area (Å²) in [6.45, 7) is 0. The van der Waals surface area contributed by atoms with Gasteiger partial charge in [0.05, 0.1) is 40.5 Å². The van der Waals surface area contributed by atoms with Crippen LogP contribution in [0.4, 0.5) is 0 Å². The molecule has 0 aliphatic heterocycles. The van der Waals surface area contributed by atoms with Crippen LogP contribution in [0, 0.1) is 90.6 Å². The van der Waals surface area contributed by atoms with Gasteiger partial charge in [0, 0.05) is 27.9 Å². The molecule has 0 saturated carbocycles. The van der Waals surface area contributed by atoms with E-state index in [1.165, 1.54) is 36.4 Å². The molecule has 2 aromatic rings. The Balaban J connectivity index is 2.17. The van der Waals surface area contributed by atoms with E-state index in [9.17, 15) is 42.1 Å². The minimum absolute atomic E-state index is 0.0324. The quantitative estimate of drug-likeness (QED) is 0.433. The fourth-order valence-corrected chi connectivity index (χ4v) is 4.70. The second kappa shape index (κ2) is 11.9. The van der Waals surface area contributed by atoms with Gasteiger partial charge < -0.3 is 0 Å². The lowest BCUT2D eigenvalue weighted by Gasteiger charge is -2.13. The zero-order valence-corrected chi connectivity index (χ0v) is 21.5. The molecular formula is C34H12N8. The van der Waals surface area contributed by atoms with E-state index in [1.54, 1.807) is 36.4 Å². The Morgan fingerprint density at radius 3 is 1.55 bits per heavy atom. The summed E-state index contributed by atoms with van der Waals surface area (Å²) < 4.78 is 0. The molecule has 0 heterocycles. The summed E-state index contributed by atoms with van der Waals surface area (Å²) in [5.41, 5.74) is 2.13. The van der Waals surface area contributed by atoms with Crippen molar-refractivity contribution in [3.63, 3.8) is 0 Å². The summed E-state index contributed by atoms with van der Waals surface area (Å²) in [7, 11) is 0. The predicted molar refractivity (Wildman–Crippen MR) is 149 cm³/mol. The van der Waals surface area contributed by atoms with E-state index >= 15 is 0 Å². The molecule has 2 aliphatic rings. The molecule has 8 nitrogen and oxygen atoms in total. The lowest BCUT2D eigenvalue weighted by Crippen LogP contribution is -1.98. The summed E-state index contributed by atoms with van der Waals surface area (Å²) >= 11 is 0. The zero-order valence-electron chi connectivity index (χ0n) is 21.5. The topological polar surface area (TPSA) is 190 Å². The van der Waals surface area contributed by atoms with Gasteiger partial charge in [-0.15, -0.1) is 0 Å². The molecule has 2 aliphatic carbocycles. The van der Waals surface area contributed by atoms with Crippen LogP contribution in [0.1, 0.15) is 22.3 Å². The first-order valence-electron chi connectivity index (χ1n) is 12.0. The van der Waals surface area contributed by atoms with Crippen LogP contribution in [0.5, 0.6) is 0 Å². The second-order valence-corrected chi connectivity index (χ2v) is 8.63. The molecule has 0 amide bonds. The molecule has 0 fully saturated rings. The number of nitrogens with zero attached hydrogens (tertiary/aromatic N) is 8. The van der Waals surface area contributed by atoms with E-state index in [4.69, 9.17) is 0 Å². The highest BCUT2D eigenvalue weighted by Gasteiger charge is 2.32. The van der Waals surface area contributed by atoms with Gasteiger partial charge in [0.1, 0.15) is 41.5 Å². The third-order valence-electron chi connectivity index (χ3n) is 6.46. The SMILES string of the molecule is N#CC(C#N)=C1C2=C(/C=C/C(C#N)=C(/c3cccc(C#N)c3)C(=C(C#N)C#N)C=C2)C(C#N)=C1c1cccc(C#N)c1. The maximum Gasteiger partial charge on any atom is 0.138 e. The van der Waals surface area contributed by atoms with Gasteiger partial charge in [-0.3, -0.25) is 0 Å². The van der Waals surface area contributed by atoms with Gasteiger partial charge in [-0.2, -0.15) is 42.1 Å². The molecule has 0 spiro atoms. The molecule has 4 rings (SSSR count). The maximum atomic E-state index is 10.3. The van der Waals surface area contributed by atoms with Gasteiger partial charge >= 0.3 is 0 Å². The lowest BCUT2D eigenvalue weighted by atomic mass is 9.88. The van der Waals surface area contributed by atoms with E-state index < -0.39 is 0 Å². The molecule has 42 heavy (non-hydrogen) atoms. The van der Waals surface area contributed by atoms with Crippen LogP contribution in [-0.4, -0.2) is 0 Å². The highest BCUT2D eigenvalue weighted by molar-refractivity contribution is 6.00. The van der Waals surface area contributed by atoms with Crippen molar-refractivity contribution in [2.45, 2.75) is 0 Å². The van der Waals surface area contributed by atoms with Crippen LogP contribution in [0.15, 0.2) is 117 Å². The van der Waals surface area contributed by atoms with Crippen molar-refractivity contribution in [3.8, 4) is 48.6 Å². The first kappa shape index (κ1) is 27.6. The number of hydrogen-bond acceptors (Lipinski definition) is 8. The Morgan fingerprint density at radius 1 is 0.500 bits per heavy atom. The molecule has 0 bridgehead atoms. The molecule has 2 aromatic carbocycles. The molecule has 0 N–H and O–H groups in total. The third kappa shape index (κ3) is 4.75. The van der Waals surface area contributed by atoms with Crippen LogP contribution in [0.25, 0.3) is 11.1 Å². The minimum atomic E-state index is -0.325. The Kier molecular flexibility index (Phi) is 7.84. The maximum absolute atomic E-state index is 10.3. The number of nitriles is 8. The van der Waals surface area contributed by atoms with E-state index in [1.807, 2.05) is 36.4 Å². The van der Waals surface area contributed by atoms with Gasteiger partial charge in [0.25, 0.3) is 0 Å². The second-order valence-electron chi connectivity index (χ2n) is 8.63. The summed E-state index contributed by atoms with van der Waals surface area (Å²) in [6, 6.07) is 28.5. The van der Waals surface area contributed by atoms with Crippen molar-refractivity contribution in [2.24, 2.45) is 0 Å². The number of benzene rings is 2.